The van der Waals surface area contributed by atoms with Gasteiger partial charge in [-0.2, -0.15) is 0 Å². The van der Waals surface area contributed by atoms with Gasteiger partial charge >= 0.3 is 11.9 Å². The second kappa shape index (κ2) is 16.3. The Kier molecular flexibility index (Phi) is 12.3. The number of hydrogen-bond donors (Lipinski definition) is 3. The van der Waals surface area contributed by atoms with Crippen molar-refractivity contribution in [2.75, 3.05) is 13.4 Å². The predicted molar refractivity (Wildman–Crippen MR) is 176 cm³/mol. The van der Waals surface area contributed by atoms with E-state index in [4.69, 9.17) is 31.6 Å². The van der Waals surface area contributed by atoms with Crippen molar-refractivity contribution in [3.8, 4) is 11.1 Å². The number of aliphatic hydroxyl groups is 1. The molecule has 4 rings (SSSR count). The lowest BCUT2D eigenvalue weighted by atomic mass is 9.97. The number of hydrogen-bond acceptors (Lipinski definition) is 10. The van der Waals surface area contributed by atoms with Gasteiger partial charge in [-0.3, -0.25) is 9.59 Å². The van der Waals surface area contributed by atoms with Crippen LogP contribution in [0.1, 0.15) is 50.0 Å². The molecular formula is C34H40ClN5O7. The van der Waals surface area contributed by atoms with Gasteiger partial charge in [0.25, 0.3) is 12.7 Å². The van der Waals surface area contributed by atoms with E-state index in [9.17, 15) is 19.5 Å². The minimum absolute atomic E-state index is 0.0760. The highest BCUT2D eigenvalue weighted by Crippen LogP contribution is 2.24. The largest absolute Gasteiger partial charge is 0.464 e. The van der Waals surface area contributed by atoms with Crippen LogP contribution in [0.4, 0.5) is 0 Å². The standard InChI is InChI=1S/C34H40ClN5O7/c1-20(2)18-45-33(43)30(41)17-27(14-22-8-10-23(11-9-22)24-6-5-7-26(35)15-24)37-32(42)25-12-13-28-29(16-25)40(39-38-28)47-19-46-34(44)31(36)21(3)4/h5-13,15-16,20-21,27,30-31,41H,14,17-19,36H2,1-4H3,(H,37,42)/t27-,30-,31+/m1/s1. The van der Waals surface area contributed by atoms with Crippen LogP contribution in [-0.4, -0.2) is 69.7 Å². The van der Waals surface area contributed by atoms with Crippen molar-refractivity contribution in [3.05, 3.63) is 82.9 Å². The molecule has 1 aromatic heterocycles. The van der Waals surface area contributed by atoms with E-state index in [2.05, 4.69) is 15.6 Å². The number of aromatic nitrogens is 3. The van der Waals surface area contributed by atoms with Gasteiger partial charge in [0.2, 0.25) is 0 Å². The minimum Gasteiger partial charge on any atom is -0.464 e. The van der Waals surface area contributed by atoms with Crippen molar-refractivity contribution in [1.82, 2.24) is 20.5 Å². The molecule has 0 aliphatic carbocycles. The third-order valence-electron chi connectivity index (χ3n) is 7.31. The molecule has 0 bridgehead atoms. The summed E-state index contributed by atoms with van der Waals surface area (Å²) in [7, 11) is 0. The molecule has 1 heterocycles. The number of fused-ring (bicyclic) bond motifs is 1. The van der Waals surface area contributed by atoms with E-state index >= 15 is 0 Å². The Bertz CT molecular complexity index is 1680. The molecule has 0 saturated carbocycles. The molecule has 0 saturated heterocycles. The van der Waals surface area contributed by atoms with E-state index in [0.29, 0.717) is 22.5 Å². The lowest BCUT2D eigenvalue weighted by Gasteiger charge is -2.22. The van der Waals surface area contributed by atoms with Crippen LogP contribution >= 0.6 is 11.6 Å². The van der Waals surface area contributed by atoms with E-state index in [1.54, 1.807) is 32.0 Å². The summed E-state index contributed by atoms with van der Waals surface area (Å²) in [5.41, 5.74) is 9.65. The number of nitrogens with one attached hydrogen (secondary N) is 1. The zero-order chi connectivity index (χ0) is 34.1. The van der Waals surface area contributed by atoms with Crippen LogP contribution in [0.25, 0.3) is 22.2 Å². The average molecular weight is 666 g/mol. The van der Waals surface area contributed by atoms with E-state index in [0.717, 1.165) is 21.5 Å². The lowest BCUT2D eigenvalue weighted by Crippen LogP contribution is -2.41. The molecular weight excluding hydrogens is 626 g/mol. The molecule has 1 amide bonds. The fourth-order valence-corrected chi connectivity index (χ4v) is 4.79. The van der Waals surface area contributed by atoms with Crippen molar-refractivity contribution in [1.29, 1.82) is 0 Å². The number of carbonyl (C=O) groups excluding carboxylic acids is 3. The Morgan fingerprint density at radius 1 is 0.957 bits per heavy atom. The molecule has 3 atom stereocenters. The Morgan fingerprint density at radius 2 is 1.70 bits per heavy atom. The summed E-state index contributed by atoms with van der Waals surface area (Å²) >= 11 is 6.16. The fraction of sp³-hybridized carbons (Fsp3) is 0.382. The molecule has 12 nitrogen and oxygen atoms in total. The number of ether oxygens (including phenoxy) is 2. The molecule has 0 aliphatic heterocycles. The maximum Gasteiger partial charge on any atom is 0.335 e. The number of halogens is 1. The molecule has 13 heteroatoms. The van der Waals surface area contributed by atoms with E-state index in [1.807, 2.05) is 56.3 Å². The minimum atomic E-state index is -1.45. The van der Waals surface area contributed by atoms with Crippen LogP contribution in [0.15, 0.2) is 66.7 Å². The van der Waals surface area contributed by atoms with Gasteiger partial charge in [0, 0.05) is 23.0 Å². The molecule has 0 unspecified atom stereocenters. The number of nitrogens with two attached hydrogens (primary N) is 1. The van der Waals surface area contributed by atoms with Crippen LogP contribution in [-0.2, 0) is 25.5 Å². The summed E-state index contributed by atoms with van der Waals surface area (Å²) in [6.45, 7) is 7.10. The Morgan fingerprint density at radius 3 is 2.38 bits per heavy atom. The molecule has 4 aromatic rings. The summed E-state index contributed by atoms with van der Waals surface area (Å²) in [6, 6.07) is 18.5. The molecule has 3 aromatic carbocycles. The van der Waals surface area contributed by atoms with Gasteiger partial charge in [0.1, 0.15) is 17.1 Å². The zero-order valence-electron chi connectivity index (χ0n) is 26.8. The van der Waals surface area contributed by atoms with Crippen LogP contribution in [0.2, 0.25) is 5.02 Å². The number of aliphatic hydroxyl groups excluding tert-OH is 1. The van der Waals surface area contributed by atoms with Crippen LogP contribution in [0.3, 0.4) is 0 Å². The van der Waals surface area contributed by atoms with Crippen LogP contribution < -0.4 is 15.9 Å². The first-order chi connectivity index (χ1) is 22.4. The van der Waals surface area contributed by atoms with Gasteiger partial charge in [-0.05, 0) is 70.5 Å². The van der Waals surface area contributed by atoms with Crippen molar-refractivity contribution < 1.29 is 33.8 Å². The average Bonchev–Trinajstić information content (AvgIpc) is 3.45. The fourth-order valence-electron chi connectivity index (χ4n) is 4.60. The number of carbonyl (C=O) groups is 3. The topological polar surface area (TPSA) is 168 Å². The lowest BCUT2D eigenvalue weighted by molar-refractivity contribution is -0.160. The van der Waals surface area contributed by atoms with Crippen molar-refractivity contribution in [3.63, 3.8) is 0 Å². The molecule has 4 N–H and O–H groups in total. The summed E-state index contributed by atoms with van der Waals surface area (Å²) in [5.74, 6) is -1.84. The summed E-state index contributed by atoms with van der Waals surface area (Å²) in [6.07, 6.45) is -1.20. The Hall–Kier alpha value is -4.52. The van der Waals surface area contributed by atoms with Crippen molar-refractivity contribution in [2.24, 2.45) is 17.6 Å². The van der Waals surface area contributed by atoms with E-state index < -0.39 is 42.8 Å². The van der Waals surface area contributed by atoms with Gasteiger partial charge in [0.15, 0.2) is 6.10 Å². The van der Waals surface area contributed by atoms with Gasteiger partial charge in [-0.25, -0.2) is 4.79 Å². The molecule has 0 radical (unpaired) electrons. The molecule has 0 spiro atoms. The second-order valence-corrected chi connectivity index (χ2v) is 12.4. The highest BCUT2D eigenvalue weighted by Gasteiger charge is 2.25. The third-order valence-corrected chi connectivity index (χ3v) is 7.55. The first-order valence-electron chi connectivity index (χ1n) is 15.3. The highest BCUT2D eigenvalue weighted by molar-refractivity contribution is 6.30. The predicted octanol–water partition coefficient (Wildman–Crippen LogP) is 3.96. The molecule has 47 heavy (non-hydrogen) atoms. The van der Waals surface area contributed by atoms with Crippen LogP contribution in [0, 0.1) is 11.8 Å². The maximum absolute atomic E-state index is 13.5. The quantitative estimate of drug-likeness (QED) is 0.125. The van der Waals surface area contributed by atoms with Crippen molar-refractivity contribution in [2.45, 2.75) is 58.7 Å². The van der Waals surface area contributed by atoms with E-state index in [-0.39, 0.29) is 30.4 Å². The third kappa shape index (κ3) is 9.98. The highest BCUT2D eigenvalue weighted by atomic mass is 35.5. The van der Waals surface area contributed by atoms with Gasteiger partial charge in [0.05, 0.1) is 6.61 Å². The number of benzene rings is 3. The van der Waals surface area contributed by atoms with Crippen molar-refractivity contribution >= 4 is 40.5 Å². The normalized spacial score (nSPS) is 13.3. The molecule has 0 fully saturated rings. The monoisotopic (exact) mass is 665 g/mol. The summed E-state index contributed by atoms with van der Waals surface area (Å²) < 4.78 is 10.3. The molecule has 250 valence electrons. The van der Waals surface area contributed by atoms with Crippen LogP contribution in [0.5, 0.6) is 0 Å². The maximum atomic E-state index is 13.5. The Balaban J connectivity index is 1.49. The smallest absolute Gasteiger partial charge is 0.335 e. The first-order valence-corrected chi connectivity index (χ1v) is 15.7. The molecule has 0 aliphatic rings. The van der Waals surface area contributed by atoms with Gasteiger partial charge in [-0.15, -0.1) is 5.10 Å². The first kappa shape index (κ1) is 35.3. The number of amides is 1. The summed E-state index contributed by atoms with van der Waals surface area (Å²) in [5, 5.41) is 22.2. The van der Waals surface area contributed by atoms with E-state index in [1.165, 1.54) is 6.07 Å². The number of esters is 2. The van der Waals surface area contributed by atoms with Gasteiger partial charge in [-0.1, -0.05) is 80.5 Å². The number of rotatable bonds is 15. The van der Waals surface area contributed by atoms with Gasteiger partial charge < -0.3 is 30.5 Å². The number of nitrogens with zero attached hydrogens (tertiary/aromatic N) is 3. The summed E-state index contributed by atoms with van der Waals surface area (Å²) in [4.78, 5) is 44.6. The Labute approximate surface area is 278 Å². The second-order valence-electron chi connectivity index (χ2n) is 12.0. The zero-order valence-corrected chi connectivity index (χ0v) is 27.5. The SMILES string of the molecule is CC(C)COC(=O)[C@H](O)C[C@@H](Cc1ccc(-c2cccc(Cl)c2)cc1)NC(=O)c1ccc2nnn(OCOC(=O)[C@@H](N)C(C)C)c2c1.